The van der Waals surface area contributed by atoms with Gasteiger partial charge in [0.25, 0.3) is 0 Å². The number of rotatable bonds is 6. The van der Waals surface area contributed by atoms with Crippen LogP contribution in [0, 0.1) is 0 Å². The Morgan fingerprint density at radius 2 is 1.80 bits per heavy atom. The van der Waals surface area contributed by atoms with Crippen molar-refractivity contribution in [1.82, 2.24) is 0 Å². The van der Waals surface area contributed by atoms with E-state index in [2.05, 4.69) is 0 Å². The summed E-state index contributed by atoms with van der Waals surface area (Å²) in [5.74, 6) is -0.208. The van der Waals surface area contributed by atoms with E-state index in [1.165, 1.54) is 6.08 Å². The van der Waals surface area contributed by atoms with Gasteiger partial charge >= 0.3 is 0 Å². The standard InChI is InChI=1S/C13H20O2/c1-5-7-8-12(14)11(6-2)13(15)9-10(3)4/h6,9H,5,7-8H2,1-4H3/b11-6-. The highest BCUT2D eigenvalue weighted by molar-refractivity contribution is 6.24. The van der Waals surface area contributed by atoms with Crippen LogP contribution in [0.15, 0.2) is 23.3 Å². The fraction of sp³-hybridized carbons (Fsp3) is 0.538. The molecule has 0 rings (SSSR count). The van der Waals surface area contributed by atoms with Crippen LogP contribution in [0.2, 0.25) is 0 Å². The molecule has 84 valence electrons. The summed E-state index contributed by atoms with van der Waals surface area (Å²) in [5, 5.41) is 0. The van der Waals surface area contributed by atoms with Crippen molar-refractivity contribution in [2.45, 2.75) is 47.0 Å². The summed E-state index contributed by atoms with van der Waals surface area (Å²) in [6.07, 6.45) is 5.41. The number of carbonyl (C=O) groups excluding carboxylic acids is 2. The molecule has 0 amide bonds. The van der Waals surface area contributed by atoms with Gasteiger partial charge in [-0.3, -0.25) is 9.59 Å². The number of carbonyl (C=O) groups is 2. The average molecular weight is 208 g/mol. The Morgan fingerprint density at radius 3 is 2.20 bits per heavy atom. The summed E-state index contributed by atoms with van der Waals surface area (Å²) in [4.78, 5) is 23.3. The number of hydrogen-bond donors (Lipinski definition) is 0. The SMILES string of the molecule is C/C=C(\C(=O)C=C(C)C)C(=O)CCCC. The van der Waals surface area contributed by atoms with E-state index in [4.69, 9.17) is 0 Å². The molecule has 0 fully saturated rings. The van der Waals surface area contributed by atoms with Crippen LogP contribution in [0.1, 0.15) is 47.0 Å². The monoisotopic (exact) mass is 208 g/mol. The Kier molecular flexibility index (Phi) is 6.59. The van der Waals surface area contributed by atoms with Crippen LogP contribution in [-0.4, -0.2) is 11.6 Å². The minimum Gasteiger partial charge on any atom is -0.294 e. The maximum Gasteiger partial charge on any atom is 0.189 e. The number of Topliss-reactive ketones (excluding diaryl/α,β-unsaturated/α-hetero) is 1. The van der Waals surface area contributed by atoms with Crippen LogP contribution in [0.3, 0.4) is 0 Å². The molecule has 2 nitrogen and oxygen atoms in total. The van der Waals surface area contributed by atoms with Crippen LogP contribution in [0.4, 0.5) is 0 Å². The second-order valence-electron chi connectivity index (χ2n) is 3.82. The minimum absolute atomic E-state index is 0.0400. The normalized spacial score (nSPS) is 11.1. The van der Waals surface area contributed by atoms with Gasteiger partial charge in [0, 0.05) is 6.42 Å². The van der Waals surface area contributed by atoms with Gasteiger partial charge in [-0.05, 0) is 33.3 Å². The predicted molar refractivity (Wildman–Crippen MR) is 62.7 cm³/mol. The van der Waals surface area contributed by atoms with Crippen LogP contribution in [-0.2, 0) is 9.59 Å². The van der Waals surface area contributed by atoms with E-state index in [1.807, 2.05) is 20.8 Å². The van der Waals surface area contributed by atoms with Crippen molar-refractivity contribution >= 4 is 11.6 Å². The Hall–Kier alpha value is -1.18. The lowest BCUT2D eigenvalue weighted by Gasteiger charge is -2.02. The summed E-state index contributed by atoms with van der Waals surface area (Å²) >= 11 is 0. The lowest BCUT2D eigenvalue weighted by molar-refractivity contribution is -0.119. The zero-order valence-corrected chi connectivity index (χ0v) is 10.1. The van der Waals surface area contributed by atoms with Gasteiger partial charge in [-0.25, -0.2) is 0 Å². The fourth-order valence-electron chi connectivity index (χ4n) is 1.25. The van der Waals surface area contributed by atoms with E-state index in [0.29, 0.717) is 12.0 Å². The van der Waals surface area contributed by atoms with Crippen molar-refractivity contribution in [3.8, 4) is 0 Å². The summed E-state index contributed by atoms with van der Waals surface area (Å²) in [6, 6.07) is 0. The van der Waals surface area contributed by atoms with E-state index >= 15 is 0 Å². The zero-order valence-electron chi connectivity index (χ0n) is 10.1. The van der Waals surface area contributed by atoms with Crippen molar-refractivity contribution in [3.05, 3.63) is 23.3 Å². The number of hydrogen-bond acceptors (Lipinski definition) is 2. The number of ketones is 2. The third kappa shape index (κ3) is 5.31. The van der Waals surface area contributed by atoms with Crippen molar-refractivity contribution in [1.29, 1.82) is 0 Å². The third-order valence-corrected chi connectivity index (χ3v) is 2.03. The smallest absolute Gasteiger partial charge is 0.189 e. The molecular weight excluding hydrogens is 188 g/mol. The molecule has 0 spiro atoms. The highest BCUT2D eigenvalue weighted by Gasteiger charge is 2.14. The molecule has 0 aromatic carbocycles. The first-order chi connectivity index (χ1) is 7.02. The van der Waals surface area contributed by atoms with E-state index in [9.17, 15) is 9.59 Å². The van der Waals surface area contributed by atoms with Crippen molar-refractivity contribution in [2.75, 3.05) is 0 Å². The summed E-state index contributed by atoms with van der Waals surface area (Å²) in [7, 11) is 0. The third-order valence-electron chi connectivity index (χ3n) is 2.03. The molecule has 0 aromatic rings. The number of allylic oxidation sites excluding steroid dienone is 4. The molecule has 0 saturated carbocycles. The topological polar surface area (TPSA) is 34.1 Å². The molecule has 0 radical (unpaired) electrons. The van der Waals surface area contributed by atoms with Crippen LogP contribution in [0.5, 0.6) is 0 Å². The Bertz CT molecular complexity index is 292. The summed E-state index contributed by atoms with van der Waals surface area (Å²) in [5.41, 5.74) is 1.24. The van der Waals surface area contributed by atoms with Gasteiger partial charge in [-0.1, -0.05) is 25.0 Å². The second kappa shape index (κ2) is 7.16. The second-order valence-corrected chi connectivity index (χ2v) is 3.82. The van der Waals surface area contributed by atoms with Crippen LogP contribution in [0.25, 0.3) is 0 Å². The van der Waals surface area contributed by atoms with E-state index in [-0.39, 0.29) is 11.6 Å². The molecule has 15 heavy (non-hydrogen) atoms. The van der Waals surface area contributed by atoms with Crippen LogP contribution < -0.4 is 0 Å². The largest absolute Gasteiger partial charge is 0.294 e. The molecule has 0 aromatic heterocycles. The Labute approximate surface area is 92.1 Å². The lowest BCUT2D eigenvalue weighted by atomic mass is 10.0. The van der Waals surface area contributed by atoms with Gasteiger partial charge in [0.2, 0.25) is 0 Å². The van der Waals surface area contributed by atoms with Crippen molar-refractivity contribution < 1.29 is 9.59 Å². The molecule has 0 atom stereocenters. The molecule has 0 unspecified atom stereocenters. The van der Waals surface area contributed by atoms with E-state index < -0.39 is 0 Å². The first-order valence-corrected chi connectivity index (χ1v) is 5.41. The first-order valence-electron chi connectivity index (χ1n) is 5.41. The van der Waals surface area contributed by atoms with Crippen molar-refractivity contribution in [2.24, 2.45) is 0 Å². The van der Waals surface area contributed by atoms with Gasteiger partial charge in [0.1, 0.15) is 0 Å². The Morgan fingerprint density at radius 1 is 1.20 bits per heavy atom. The fourth-order valence-corrected chi connectivity index (χ4v) is 1.25. The molecule has 0 aliphatic heterocycles. The molecule has 0 heterocycles. The molecule has 0 saturated heterocycles. The summed E-state index contributed by atoms with van der Waals surface area (Å²) in [6.45, 7) is 7.46. The highest BCUT2D eigenvalue weighted by atomic mass is 16.1. The molecule has 0 aliphatic carbocycles. The molecule has 2 heteroatoms. The molecule has 0 bridgehead atoms. The van der Waals surface area contributed by atoms with E-state index in [0.717, 1.165) is 18.4 Å². The highest BCUT2D eigenvalue weighted by Crippen LogP contribution is 2.08. The quantitative estimate of drug-likeness (QED) is 0.381. The average Bonchev–Trinajstić information content (AvgIpc) is 2.14. The van der Waals surface area contributed by atoms with Gasteiger partial charge in [-0.2, -0.15) is 0 Å². The lowest BCUT2D eigenvalue weighted by Crippen LogP contribution is -2.11. The minimum atomic E-state index is -0.168. The molecule has 0 N–H and O–H groups in total. The van der Waals surface area contributed by atoms with Gasteiger partial charge < -0.3 is 0 Å². The first kappa shape index (κ1) is 13.8. The van der Waals surface area contributed by atoms with Gasteiger partial charge in [0.15, 0.2) is 11.6 Å². The Balaban J connectivity index is 4.58. The van der Waals surface area contributed by atoms with Gasteiger partial charge in [0.05, 0.1) is 5.57 Å². The molecule has 0 aliphatic rings. The maximum absolute atomic E-state index is 11.6. The maximum atomic E-state index is 11.6. The molecular formula is C13H20O2. The zero-order chi connectivity index (χ0) is 11.8. The van der Waals surface area contributed by atoms with Gasteiger partial charge in [-0.15, -0.1) is 0 Å². The number of unbranched alkanes of at least 4 members (excludes halogenated alkanes) is 1. The van der Waals surface area contributed by atoms with E-state index in [1.54, 1.807) is 13.0 Å². The summed E-state index contributed by atoms with van der Waals surface area (Å²) < 4.78 is 0. The van der Waals surface area contributed by atoms with Crippen LogP contribution >= 0.6 is 0 Å². The predicted octanol–water partition coefficient (Wildman–Crippen LogP) is 3.23. The van der Waals surface area contributed by atoms with Crippen molar-refractivity contribution in [3.63, 3.8) is 0 Å².